The Morgan fingerprint density at radius 1 is 1.19 bits per heavy atom. The predicted molar refractivity (Wildman–Crippen MR) is 81.0 cm³/mol. The molecule has 108 valence electrons. The van der Waals surface area contributed by atoms with Crippen molar-refractivity contribution in [3.8, 4) is 0 Å². The number of oxime groups is 1. The quantitative estimate of drug-likeness (QED) is 0.344. The molecule has 2 aromatic carbocycles. The number of hydrogen-bond donors (Lipinski definition) is 3. The van der Waals surface area contributed by atoms with E-state index in [0.717, 1.165) is 0 Å². The molecule has 5 nitrogen and oxygen atoms in total. The van der Waals surface area contributed by atoms with Crippen molar-refractivity contribution in [2.24, 2.45) is 10.9 Å². The van der Waals surface area contributed by atoms with Crippen LogP contribution in [0.3, 0.4) is 0 Å². The Morgan fingerprint density at radius 2 is 1.81 bits per heavy atom. The van der Waals surface area contributed by atoms with Crippen LogP contribution in [0.1, 0.15) is 15.9 Å². The number of hydrogen-bond acceptors (Lipinski definition) is 3. The van der Waals surface area contributed by atoms with E-state index in [9.17, 15) is 9.18 Å². The molecule has 0 unspecified atom stereocenters. The number of nitrogens with two attached hydrogens (primary N) is 1. The first kappa shape index (κ1) is 15.0. The van der Waals surface area contributed by atoms with E-state index in [4.69, 9.17) is 10.9 Å². The predicted octanol–water partition coefficient (Wildman–Crippen LogP) is 2.94. The normalized spacial score (nSPS) is 11.2. The van der Waals surface area contributed by atoms with Gasteiger partial charge in [0.2, 0.25) is 0 Å². The number of nitrogens with one attached hydrogen (secondary N) is 1. The van der Waals surface area contributed by atoms with Gasteiger partial charge in [-0.05, 0) is 30.3 Å². The number of carbonyl (C=O) groups excluding carboxylic acids is 1. The fourth-order valence-electron chi connectivity index (χ4n) is 1.64. The largest absolute Gasteiger partial charge is 0.409 e. The van der Waals surface area contributed by atoms with Crippen LogP contribution in [0.5, 0.6) is 0 Å². The summed E-state index contributed by atoms with van der Waals surface area (Å²) in [6.07, 6.45) is 0. The first-order chi connectivity index (χ1) is 10.0. The summed E-state index contributed by atoms with van der Waals surface area (Å²) >= 11 is 3.21. The van der Waals surface area contributed by atoms with E-state index in [1.165, 1.54) is 42.5 Å². The lowest BCUT2D eigenvalue weighted by molar-refractivity contribution is 0.102. The highest BCUT2D eigenvalue weighted by Gasteiger charge is 2.10. The number of halogens is 2. The van der Waals surface area contributed by atoms with Crippen molar-refractivity contribution in [1.82, 2.24) is 0 Å². The molecule has 0 aliphatic rings. The van der Waals surface area contributed by atoms with Crippen molar-refractivity contribution >= 4 is 33.4 Å². The summed E-state index contributed by atoms with van der Waals surface area (Å²) in [6, 6.07) is 10.3. The third-order valence-electron chi connectivity index (χ3n) is 2.73. The summed E-state index contributed by atoms with van der Waals surface area (Å²) in [5.41, 5.74) is 6.30. The zero-order chi connectivity index (χ0) is 15.4. The van der Waals surface area contributed by atoms with E-state index in [2.05, 4.69) is 26.4 Å². The first-order valence-electron chi connectivity index (χ1n) is 5.85. The highest BCUT2D eigenvalue weighted by atomic mass is 79.9. The van der Waals surface area contributed by atoms with Crippen molar-refractivity contribution < 1.29 is 14.4 Å². The molecular formula is C14H11BrFN3O2. The zero-order valence-corrected chi connectivity index (χ0v) is 12.3. The van der Waals surface area contributed by atoms with Crippen LogP contribution in [0.4, 0.5) is 10.1 Å². The molecule has 0 heterocycles. The Labute approximate surface area is 128 Å². The summed E-state index contributed by atoms with van der Waals surface area (Å²) in [4.78, 5) is 12.0. The summed E-state index contributed by atoms with van der Waals surface area (Å²) in [5.74, 6) is -1.04. The van der Waals surface area contributed by atoms with Gasteiger partial charge in [0.25, 0.3) is 5.91 Å². The fourth-order valence-corrected chi connectivity index (χ4v) is 2.00. The number of rotatable bonds is 3. The summed E-state index contributed by atoms with van der Waals surface area (Å²) in [7, 11) is 0. The molecule has 0 aliphatic carbocycles. The smallest absolute Gasteiger partial charge is 0.255 e. The van der Waals surface area contributed by atoms with Crippen LogP contribution < -0.4 is 11.1 Å². The van der Waals surface area contributed by atoms with Crippen molar-refractivity contribution in [3.05, 3.63) is 63.9 Å². The summed E-state index contributed by atoms with van der Waals surface area (Å²) in [5, 5.41) is 13.9. The number of amides is 1. The maximum atomic E-state index is 13.6. The van der Waals surface area contributed by atoms with E-state index < -0.39 is 11.7 Å². The summed E-state index contributed by atoms with van der Waals surface area (Å²) < 4.78 is 14.2. The SMILES string of the molecule is N/C(=N\O)c1ccc(C(=O)Nc2cc(Br)ccc2F)cc1. The van der Waals surface area contributed by atoms with Gasteiger partial charge in [-0.15, -0.1) is 0 Å². The molecule has 0 radical (unpaired) electrons. The Kier molecular flexibility index (Phi) is 4.54. The molecule has 21 heavy (non-hydrogen) atoms. The Balaban J connectivity index is 2.19. The molecule has 0 saturated heterocycles. The van der Waals surface area contributed by atoms with Gasteiger partial charge in [0.15, 0.2) is 5.84 Å². The van der Waals surface area contributed by atoms with Crippen LogP contribution in [-0.2, 0) is 0 Å². The van der Waals surface area contributed by atoms with Crippen LogP contribution >= 0.6 is 15.9 Å². The molecule has 1 amide bonds. The maximum Gasteiger partial charge on any atom is 0.255 e. The average Bonchev–Trinajstić information content (AvgIpc) is 2.50. The molecular weight excluding hydrogens is 341 g/mol. The van der Waals surface area contributed by atoms with E-state index in [1.807, 2.05) is 0 Å². The van der Waals surface area contributed by atoms with Crippen LogP contribution in [0.15, 0.2) is 52.1 Å². The average molecular weight is 352 g/mol. The van der Waals surface area contributed by atoms with E-state index in [1.54, 1.807) is 0 Å². The molecule has 7 heteroatoms. The number of anilines is 1. The minimum Gasteiger partial charge on any atom is -0.409 e. The van der Waals surface area contributed by atoms with Gasteiger partial charge in [0, 0.05) is 15.6 Å². The van der Waals surface area contributed by atoms with Gasteiger partial charge in [0.1, 0.15) is 5.82 Å². The van der Waals surface area contributed by atoms with Gasteiger partial charge in [-0.25, -0.2) is 4.39 Å². The third-order valence-corrected chi connectivity index (χ3v) is 3.22. The van der Waals surface area contributed by atoms with E-state index >= 15 is 0 Å². The zero-order valence-electron chi connectivity index (χ0n) is 10.7. The summed E-state index contributed by atoms with van der Waals surface area (Å²) in [6.45, 7) is 0. The molecule has 2 aromatic rings. The Bertz CT molecular complexity index is 702. The van der Waals surface area contributed by atoms with Gasteiger partial charge in [-0.1, -0.05) is 33.2 Å². The van der Waals surface area contributed by atoms with Gasteiger partial charge in [-0.3, -0.25) is 4.79 Å². The second kappa shape index (κ2) is 6.36. The Morgan fingerprint density at radius 3 is 2.43 bits per heavy atom. The first-order valence-corrected chi connectivity index (χ1v) is 6.65. The lowest BCUT2D eigenvalue weighted by Gasteiger charge is -2.07. The lowest BCUT2D eigenvalue weighted by Crippen LogP contribution is -2.15. The number of carbonyl (C=O) groups is 1. The molecule has 0 bridgehead atoms. The molecule has 0 fully saturated rings. The molecule has 0 aliphatic heterocycles. The topological polar surface area (TPSA) is 87.7 Å². The lowest BCUT2D eigenvalue weighted by atomic mass is 10.1. The standard InChI is InChI=1S/C14H11BrFN3O2/c15-10-5-6-11(16)12(7-10)18-14(20)9-3-1-8(2-4-9)13(17)19-21/h1-7,21H,(H2,17,19)(H,18,20). The van der Waals surface area contributed by atoms with E-state index in [0.29, 0.717) is 15.6 Å². The fraction of sp³-hybridized carbons (Fsp3) is 0. The molecule has 0 saturated carbocycles. The van der Waals surface area contributed by atoms with Crippen LogP contribution in [0.25, 0.3) is 0 Å². The minimum atomic E-state index is -0.528. The van der Waals surface area contributed by atoms with Crippen LogP contribution in [0.2, 0.25) is 0 Å². The number of nitrogens with zero attached hydrogens (tertiary/aromatic N) is 1. The van der Waals surface area contributed by atoms with Crippen molar-refractivity contribution in [3.63, 3.8) is 0 Å². The van der Waals surface area contributed by atoms with Gasteiger partial charge < -0.3 is 16.3 Å². The van der Waals surface area contributed by atoms with Gasteiger partial charge >= 0.3 is 0 Å². The van der Waals surface area contributed by atoms with Crippen molar-refractivity contribution in [2.45, 2.75) is 0 Å². The van der Waals surface area contributed by atoms with Gasteiger partial charge in [0.05, 0.1) is 5.69 Å². The van der Waals surface area contributed by atoms with Crippen molar-refractivity contribution in [1.29, 1.82) is 0 Å². The molecule has 4 N–H and O–H groups in total. The molecule has 2 rings (SSSR count). The van der Waals surface area contributed by atoms with Gasteiger partial charge in [-0.2, -0.15) is 0 Å². The number of amidine groups is 1. The minimum absolute atomic E-state index is 0.0556. The second-order valence-electron chi connectivity index (χ2n) is 4.14. The highest BCUT2D eigenvalue weighted by Crippen LogP contribution is 2.20. The molecule has 0 atom stereocenters. The second-order valence-corrected chi connectivity index (χ2v) is 5.06. The molecule has 0 aromatic heterocycles. The Hall–Kier alpha value is -2.41. The number of benzene rings is 2. The van der Waals surface area contributed by atoms with Crippen molar-refractivity contribution in [2.75, 3.05) is 5.32 Å². The third kappa shape index (κ3) is 3.57. The van der Waals surface area contributed by atoms with Crippen LogP contribution in [0, 0.1) is 5.82 Å². The highest BCUT2D eigenvalue weighted by molar-refractivity contribution is 9.10. The molecule has 0 spiro atoms. The van der Waals surface area contributed by atoms with E-state index in [-0.39, 0.29) is 11.5 Å². The van der Waals surface area contributed by atoms with Crippen LogP contribution in [-0.4, -0.2) is 17.0 Å². The maximum absolute atomic E-state index is 13.6. The monoisotopic (exact) mass is 351 g/mol.